The lowest BCUT2D eigenvalue weighted by molar-refractivity contribution is -0.131. The van der Waals surface area contributed by atoms with Crippen LogP contribution in [0.15, 0.2) is 9.64 Å². The lowest BCUT2D eigenvalue weighted by Crippen LogP contribution is -2.57. The third-order valence-electron chi connectivity index (χ3n) is 4.10. The molecule has 0 bridgehead atoms. The van der Waals surface area contributed by atoms with E-state index in [0.717, 1.165) is 0 Å². The van der Waals surface area contributed by atoms with Gasteiger partial charge >= 0.3 is 6.03 Å². The van der Waals surface area contributed by atoms with Crippen molar-refractivity contribution in [1.29, 1.82) is 0 Å². The molecule has 2 N–H and O–H groups in total. The molecule has 2 rings (SSSR count). The molecule has 1 aromatic rings. The molecule has 0 radical (unpaired) electrons. The molecule has 9 nitrogen and oxygen atoms in total. The predicted octanol–water partition coefficient (Wildman–Crippen LogP) is 1.19. The molecule has 2 atom stereocenters. The average Bonchev–Trinajstić information content (AvgIpc) is 2.95. The largest absolute Gasteiger partial charge is 0.416 e. The molecule has 2 heterocycles. The van der Waals surface area contributed by atoms with E-state index in [4.69, 9.17) is 4.42 Å². The minimum absolute atomic E-state index is 0.00254. The van der Waals surface area contributed by atoms with Crippen LogP contribution >= 0.6 is 11.8 Å². The summed E-state index contributed by atoms with van der Waals surface area (Å²) in [6.07, 6.45) is 0.221. The van der Waals surface area contributed by atoms with Crippen molar-refractivity contribution >= 4 is 29.6 Å². The van der Waals surface area contributed by atoms with Gasteiger partial charge in [0.1, 0.15) is 0 Å². The van der Waals surface area contributed by atoms with E-state index in [-0.39, 0.29) is 47.3 Å². The van der Waals surface area contributed by atoms with Crippen LogP contribution in [-0.2, 0) is 16.0 Å². The number of nitrogens with one attached hydrogen (secondary N) is 2. The first-order valence-corrected chi connectivity index (χ1v) is 9.55. The van der Waals surface area contributed by atoms with Gasteiger partial charge in [-0.3, -0.25) is 14.9 Å². The molecule has 4 amide bonds. The second-order valence-corrected chi connectivity index (χ2v) is 7.73. The number of amides is 4. The van der Waals surface area contributed by atoms with E-state index in [1.54, 1.807) is 11.8 Å². The van der Waals surface area contributed by atoms with Crippen LogP contribution in [0.1, 0.15) is 40.5 Å². The number of rotatable bonds is 7. The molecule has 10 heteroatoms. The molecule has 144 valence electrons. The summed E-state index contributed by atoms with van der Waals surface area (Å²) in [5.74, 6) is -0.345. The fourth-order valence-electron chi connectivity index (χ4n) is 2.98. The molecule has 0 aromatic carbocycles. The Bertz CT molecular complexity index is 667. The van der Waals surface area contributed by atoms with E-state index in [9.17, 15) is 14.4 Å². The molecule has 1 aliphatic heterocycles. The summed E-state index contributed by atoms with van der Waals surface area (Å²) >= 11 is 1.17. The number of urea groups is 1. The maximum atomic E-state index is 12.4. The number of thioether (sulfide) groups is 1. The Morgan fingerprint density at radius 3 is 2.46 bits per heavy atom. The van der Waals surface area contributed by atoms with Gasteiger partial charge in [-0.2, -0.15) is 0 Å². The molecule has 1 saturated heterocycles. The molecule has 2 unspecified atom stereocenters. The lowest BCUT2D eigenvalue weighted by Gasteiger charge is -2.30. The maximum Gasteiger partial charge on any atom is 0.321 e. The zero-order valence-electron chi connectivity index (χ0n) is 15.6. The molecule has 1 aliphatic rings. The van der Waals surface area contributed by atoms with Crippen molar-refractivity contribution in [3.63, 3.8) is 0 Å². The second kappa shape index (κ2) is 8.52. The number of aromatic nitrogens is 2. The van der Waals surface area contributed by atoms with Crippen LogP contribution in [0.2, 0.25) is 0 Å². The number of imide groups is 1. The number of nitrogens with zero attached hydrogens (tertiary/aromatic N) is 3. The third-order valence-corrected chi connectivity index (χ3v) is 4.90. The monoisotopic (exact) mass is 383 g/mol. The molecular formula is C16H25N5O4S. The zero-order valence-corrected chi connectivity index (χ0v) is 16.4. The van der Waals surface area contributed by atoms with Crippen molar-refractivity contribution in [1.82, 2.24) is 25.7 Å². The Labute approximate surface area is 156 Å². The molecule has 26 heavy (non-hydrogen) atoms. The highest BCUT2D eigenvalue weighted by molar-refractivity contribution is 7.99. The van der Waals surface area contributed by atoms with Crippen LogP contribution in [0, 0.1) is 5.92 Å². The van der Waals surface area contributed by atoms with Crippen molar-refractivity contribution in [3.05, 3.63) is 5.89 Å². The van der Waals surface area contributed by atoms with Crippen molar-refractivity contribution < 1.29 is 18.8 Å². The highest BCUT2D eigenvalue weighted by Crippen LogP contribution is 2.21. The Kier molecular flexibility index (Phi) is 6.63. The lowest BCUT2D eigenvalue weighted by atomic mass is 9.95. The van der Waals surface area contributed by atoms with Gasteiger partial charge in [0.2, 0.25) is 17.7 Å². The highest BCUT2D eigenvalue weighted by Gasteiger charge is 2.34. The number of hydrogen-bond acceptors (Lipinski definition) is 7. The average molecular weight is 383 g/mol. The Morgan fingerprint density at radius 1 is 1.23 bits per heavy atom. The summed E-state index contributed by atoms with van der Waals surface area (Å²) in [7, 11) is 0. The zero-order chi connectivity index (χ0) is 19.4. The van der Waals surface area contributed by atoms with E-state index in [0.29, 0.717) is 5.89 Å². The number of hydrogen-bond donors (Lipinski definition) is 2. The SMILES string of the molecule is CC1NC(=O)NC(=O)C1Cc1nnc(SCC(=O)N(C(C)C)C(C)C)o1. The van der Waals surface area contributed by atoms with Crippen LogP contribution in [0.5, 0.6) is 0 Å². The van der Waals surface area contributed by atoms with Gasteiger partial charge in [0, 0.05) is 24.5 Å². The van der Waals surface area contributed by atoms with Crippen LogP contribution in [0.25, 0.3) is 0 Å². The minimum Gasteiger partial charge on any atom is -0.416 e. The van der Waals surface area contributed by atoms with Crippen molar-refractivity contribution in [2.24, 2.45) is 5.92 Å². The van der Waals surface area contributed by atoms with Gasteiger partial charge in [-0.1, -0.05) is 11.8 Å². The third kappa shape index (κ3) is 4.96. The van der Waals surface area contributed by atoms with Gasteiger partial charge in [-0.05, 0) is 34.6 Å². The van der Waals surface area contributed by atoms with Crippen molar-refractivity contribution in [2.45, 2.75) is 64.4 Å². The summed E-state index contributed by atoms with van der Waals surface area (Å²) < 4.78 is 5.54. The first kappa shape index (κ1) is 20.2. The minimum atomic E-state index is -0.501. The maximum absolute atomic E-state index is 12.4. The van der Waals surface area contributed by atoms with Crippen LogP contribution in [0.4, 0.5) is 4.79 Å². The van der Waals surface area contributed by atoms with Crippen LogP contribution in [0.3, 0.4) is 0 Å². The quantitative estimate of drug-likeness (QED) is 0.679. The molecule has 1 fully saturated rings. The first-order chi connectivity index (χ1) is 12.2. The van der Waals surface area contributed by atoms with Crippen molar-refractivity contribution in [3.8, 4) is 0 Å². The Morgan fingerprint density at radius 2 is 1.88 bits per heavy atom. The highest BCUT2D eigenvalue weighted by atomic mass is 32.2. The Hall–Kier alpha value is -2.10. The fraction of sp³-hybridized carbons (Fsp3) is 0.688. The summed E-state index contributed by atoms with van der Waals surface area (Å²) in [4.78, 5) is 37.3. The van der Waals surface area contributed by atoms with Gasteiger partial charge in [0.15, 0.2) is 0 Å². The smallest absolute Gasteiger partial charge is 0.321 e. The Balaban J connectivity index is 1.92. The summed E-state index contributed by atoms with van der Waals surface area (Å²) in [5.41, 5.74) is 0. The number of carbonyl (C=O) groups is 3. The van der Waals surface area contributed by atoms with Crippen LogP contribution in [-0.4, -0.2) is 56.8 Å². The van der Waals surface area contributed by atoms with Gasteiger partial charge < -0.3 is 14.6 Å². The van der Waals surface area contributed by atoms with Gasteiger partial charge in [-0.15, -0.1) is 10.2 Å². The predicted molar refractivity (Wildman–Crippen MR) is 95.5 cm³/mol. The van der Waals surface area contributed by atoms with Crippen molar-refractivity contribution in [2.75, 3.05) is 5.75 Å². The van der Waals surface area contributed by atoms with E-state index in [1.165, 1.54) is 11.8 Å². The molecule has 0 aliphatic carbocycles. The van der Waals surface area contributed by atoms with E-state index in [1.807, 2.05) is 27.7 Å². The van der Waals surface area contributed by atoms with Crippen LogP contribution < -0.4 is 10.6 Å². The topological polar surface area (TPSA) is 117 Å². The normalized spacial score (nSPS) is 20.3. The fourth-order valence-corrected chi connectivity index (χ4v) is 3.63. The summed E-state index contributed by atoms with van der Waals surface area (Å²) in [5, 5.41) is 13.0. The molecular weight excluding hydrogens is 358 g/mol. The van der Waals surface area contributed by atoms with E-state index >= 15 is 0 Å². The molecule has 0 spiro atoms. The summed E-state index contributed by atoms with van der Waals surface area (Å²) in [6, 6.07) is -0.601. The van der Waals surface area contributed by atoms with E-state index in [2.05, 4.69) is 20.8 Å². The van der Waals surface area contributed by atoms with Gasteiger partial charge in [-0.25, -0.2) is 4.79 Å². The molecule has 1 aromatic heterocycles. The second-order valence-electron chi connectivity index (χ2n) is 6.80. The molecule has 0 saturated carbocycles. The summed E-state index contributed by atoms with van der Waals surface area (Å²) in [6.45, 7) is 9.65. The van der Waals surface area contributed by atoms with Gasteiger partial charge in [0.05, 0.1) is 11.7 Å². The van der Waals surface area contributed by atoms with Gasteiger partial charge in [0.25, 0.3) is 5.22 Å². The van der Waals surface area contributed by atoms with E-state index < -0.39 is 11.9 Å². The standard InChI is InChI=1S/C16H25N5O4S/c1-8(2)21(9(3)4)13(22)7-26-16-20-19-12(25-16)6-11-10(5)17-15(24)18-14(11)23/h8-11H,6-7H2,1-5H3,(H2,17,18,23,24). The first-order valence-electron chi connectivity index (χ1n) is 8.56. The number of carbonyl (C=O) groups excluding carboxylic acids is 3.